The summed E-state index contributed by atoms with van der Waals surface area (Å²) in [7, 11) is 0. The molecule has 6 rings (SSSR count). The molecule has 8 atom stereocenters. The molecule has 4 aliphatic carbocycles. The number of hydrogen-bond donors (Lipinski definition) is 0. The Morgan fingerprint density at radius 3 is 2.71 bits per heavy atom. The summed E-state index contributed by atoms with van der Waals surface area (Å²) in [6.07, 6.45) is 1.95. The zero-order valence-corrected chi connectivity index (χ0v) is 13.7. The minimum atomic E-state index is -0.0846. The SMILES string of the molecule is CC1C2C3CC4(C(=O)N5OCC[C@H]5c5ccc(C#N)cc5)C1C2C34. The Morgan fingerprint density at radius 1 is 1.29 bits per heavy atom. The van der Waals surface area contributed by atoms with E-state index in [0.29, 0.717) is 24.0 Å². The van der Waals surface area contributed by atoms with Crippen LogP contribution in [0.5, 0.6) is 0 Å². The van der Waals surface area contributed by atoms with E-state index in [1.807, 2.05) is 24.3 Å². The van der Waals surface area contributed by atoms with Crippen LogP contribution in [-0.2, 0) is 9.63 Å². The van der Waals surface area contributed by atoms with Gasteiger partial charge in [-0.1, -0.05) is 19.1 Å². The van der Waals surface area contributed by atoms with Gasteiger partial charge in [0.05, 0.1) is 29.7 Å². The van der Waals surface area contributed by atoms with E-state index in [9.17, 15) is 4.79 Å². The van der Waals surface area contributed by atoms with E-state index in [4.69, 9.17) is 10.1 Å². The van der Waals surface area contributed by atoms with Crippen molar-refractivity contribution >= 4 is 5.91 Å². The van der Waals surface area contributed by atoms with Gasteiger partial charge >= 0.3 is 0 Å². The van der Waals surface area contributed by atoms with Crippen molar-refractivity contribution in [1.82, 2.24) is 5.06 Å². The second-order valence-electron chi connectivity index (χ2n) is 8.48. The second-order valence-corrected chi connectivity index (χ2v) is 8.48. The van der Waals surface area contributed by atoms with Crippen LogP contribution < -0.4 is 0 Å². The number of carbonyl (C=O) groups is 1. The number of rotatable bonds is 2. The van der Waals surface area contributed by atoms with Crippen LogP contribution in [0.2, 0.25) is 0 Å². The molecule has 0 spiro atoms. The van der Waals surface area contributed by atoms with Crippen LogP contribution in [-0.4, -0.2) is 17.6 Å². The molecular weight excluding hydrogens is 300 g/mol. The molecule has 1 aromatic rings. The summed E-state index contributed by atoms with van der Waals surface area (Å²) in [5, 5.41) is 10.7. The summed E-state index contributed by atoms with van der Waals surface area (Å²) in [5.74, 6) is 4.90. The topological polar surface area (TPSA) is 53.3 Å². The van der Waals surface area contributed by atoms with Crippen LogP contribution >= 0.6 is 0 Å². The smallest absolute Gasteiger partial charge is 0.253 e. The lowest BCUT2D eigenvalue weighted by atomic mass is 9.12. The summed E-state index contributed by atoms with van der Waals surface area (Å²) in [4.78, 5) is 19.2. The van der Waals surface area contributed by atoms with Crippen LogP contribution in [0.15, 0.2) is 24.3 Å². The number of hydroxylamine groups is 2. The largest absolute Gasteiger partial charge is 0.272 e. The first-order valence-corrected chi connectivity index (χ1v) is 9.15. The molecule has 5 fully saturated rings. The maximum atomic E-state index is 13.4. The van der Waals surface area contributed by atoms with Gasteiger partial charge in [-0.25, -0.2) is 5.06 Å². The highest BCUT2D eigenvalue weighted by Gasteiger charge is 2.91. The van der Waals surface area contributed by atoms with Gasteiger partial charge in [0, 0.05) is 6.42 Å². The minimum Gasteiger partial charge on any atom is -0.272 e. The van der Waals surface area contributed by atoms with Crippen LogP contribution in [0.25, 0.3) is 0 Å². The third kappa shape index (κ3) is 1.18. The predicted octanol–water partition coefficient (Wildman–Crippen LogP) is 2.91. The molecule has 0 N–H and O–H groups in total. The monoisotopic (exact) mass is 320 g/mol. The first-order chi connectivity index (χ1) is 11.7. The van der Waals surface area contributed by atoms with Gasteiger partial charge in [0.2, 0.25) is 0 Å². The molecule has 4 heteroatoms. The van der Waals surface area contributed by atoms with E-state index >= 15 is 0 Å². The van der Waals surface area contributed by atoms with Gasteiger partial charge in [0.15, 0.2) is 0 Å². The molecular formula is C20H20N2O2. The summed E-state index contributed by atoms with van der Waals surface area (Å²) < 4.78 is 0. The van der Waals surface area contributed by atoms with E-state index < -0.39 is 0 Å². The van der Waals surface area contributed by atoms with Gasteiger partial charge in [0.25, 0.3) is 5.91 Å². The van der Waals surface area contributed by atoms with Crippen LogP contribution in [0.4, 0.5) is 0 Å². The molecule has 24 heavy (non-hydrogen) atoms. The fraction of sp³-hybridized carbons (Fsp3) is 0.600. The van der Waals surface area contributed by atoms with Gasteiger partial charge in [-0.05, 0) is 59.6 Å². The Balaban J connectivity index is 1.30. The molecule has 122 valence electrons. The summed E-state index contributed by atoms with van der Waals surface area (Å²) >= 11 is 0. The predicted molar refractivity (Wildman–Crippen MR) is 85.0 cm³/mol. The lowest BCUT2D eigenvalue weighted by Gasteiger charge is -2.91. The molecule has 1 amide bonds. The number of hydrogen-bond acceptors (Lipinski definition) is 3. The lowest BCUT2D eigenvalue weighted by Crippen LogP contribution is -2.91. The van der Waals surface area contributed by atoms with Gasteiger partial charge in [-0.15, -0.1) is 0 Å². The highest BCUT2D eigenvalue weighted by molar-refractivity contribution is 5.87. The van der Waals surface area contributed by atoms with Crippen molar-refractivity contribution in [3.8, 4) is 6.07 Å². The Kier molecular flexibility index (Phi) is 2.25. The highest BCUT2D eigenvalue weighted by Crippen LogP contribution is 2.92. The second kappa shape index (κ2) is 4.03. The van der Waals surface area contributed by atoms with Crippen molar-refractivity contribution in [2.24, 2.45) is 40.9 Å². The van der Waals surface area contributed by atoms with Crippen LogP contribution in [0.3, 0.4) is 0 Å². The molecule has 1 heterocycles. The number of carbonyl (C=O) groups excluding carboxylic acids is 1. The van der Waals surface area contributed by atoms with Gasteiger partial charge in [-0.2, -0.15) is 5.26 Å². The zero-order valence-electron chi connectivity index (χ0n) is 13.7. The number of fused-ring (bicyclic) bond motifs is 2. The standard InChI is InChI=1S/C20H20N2O2/c1-10-15-13-8-20(17(10)16(15)18(13)20)19(23)22-14(6-7-24-22)12-4-2-11(9-21)3-5-12/h2-5,10,13-18H,6-8H2,1H3/t10?,13?,14-,15?,16?,17?,18?,20?/m0/s1. The minimum absolute atomic E-state index is 0.00368. The van der Waals surface area contributed by atoms with Crippen molar-refractivity contribution in [2.75, 3.05) is 6.61 Å². The Labute approximate surface area is 141 Å². The van der Waals surface area contributed by atoms with E-state index in [0.717, 1.165) is 42.1 Å². The third-order valence-electron chi connectivity index (χ3n) is 8.09. The first kappa shape index (κ1) is 13.4. The molecule has 7 unspecified atom stereocenters. The number of benzene rings is 1. The molecule has 0 aromatic heterocycles. The Morgan fingerprint density at radius 2 is 2.08 bits per heavy atom. The van der Waals surface area contributed by atoms with E-state index in [2.05, 4.69) is 13.0 Å². The maximum Gasteiger partial charge on any atom is 0.253 e. The molecule has 4 nitrogen and oxygen atoms in total. The summed E-state index contributed by atoms with van der Waals surface area (Å²) in [6.45, 7) is 2.95. The van der Waals surface area contributed by atoms with Crippen molar-refractivity contribution in [2.45, 2.75) is 25.8 Å². The molecule has 4 saturated carbocycles. The van der Waals surface area contributed by atoms with Crippen molar-refractivity contribution in [3.63, 3.8) is 0 Å². The molecule has 1 saturated heterocycles. The zero-order chi connectivity index (χ0) is 16.2. The van der Waals surface area contributed by atoms with Crippen molar-refractivity contribution in [3.05, 3.63) is 35.4 Å². The number of amides is 1. The third-order valence-corrected chi connectivity index (χ3v) is 8.09. The fourth-order valence-corrected chi connectivity index (χ4v) is 7.29. The first-order valence-electron chi connectivity index (χ1n) is 9.15. The fourth-order valence-electron chi connectivity index (χ4n) is 7.29. The normalized spacial score (nSPS) is 49.0. The van der Waals surface area contributed by atoms with Gasteiger partial charge in [0.1, 0.15) is 0 Å². The number of nitrogens with zero attached hydrogens (tertiary/aromatic N) is 2. The lowest BCUT2D eigenvalue weighted by molar-refractivity contribution is -0.442. The van der Waals surface area contributed by atoms with Crippen molar-refractivity contribution < 1.29 is 9.63 Å². The van der Waals surface area contributed by atoms with E-state index in [-0.39, 0.29) is 17.4 Å². The molecule has 1 aliphatic heterocycles. The Bertz CT molecular complexity index is 784. The van der Waals surface area contributed by atoms with Crippen LogP contribution in [0.1, 0.15) is 36.9 Å². The average Bonchev–Trinajstić information content (AvgIpc) is 3.09. The maximum absolute atomic E-state index is 13.4. The average molecular weight is 320 g/mol. The number of nitriles is 1. The summed E-state index contributed by atoms with van der Waals surface area (Å²) in [5.41, 5.74) is 1.65. The van der Waals surface area contributed by atoms with Crippen molar-refractivity contribution in [1.29, 1.82) is 5.26 Å². The highest BCUT2D eigenvalue weighted by atomic mass is 16.7. The van der Waals surface area contributed by atoms with Crippen LogP contribution in [0, 0.1) is 52.3 Å². The quantitative estimate of drug-likeness (QED) is 0.842. The Hall–Kier alpha value is -1.86. The van der Waals surface area contributed by atoms with Gasteiger partial charge < -0.3 is 0 Å². The molecule has 5 aliphatic rings. The van der Waals surface area contributed by atoms with E-state index in [1.54, 1.807) is 5.06 Å². The molecule has 0 bridgehead atoms. The summed E-state index contributed by atoms with van der Waals surface area (Å²) in [6, 6.07) is 9.75. The van der Waals surface area contributed by atoms with Gasteiger partial charge in [-0.3, -0.25) is 9.63 Å². The van der Waals surface area contributed by atoms with E-state index in [1.165, 1.54) is 0 Å². The molecule has 1 aromatic carbocycles. The molecule has 0 radical (unpaired) electrons.